The van der Waals surface area contributed by atoms with Crippen molar-refractivity contribution in [2.75, 3.05) is 11.1 Å². The van der Waals surface area contributed by atoms with Crippen LogP contribution in [0.15, 0.2) is 40.9 Å². The summed E-state index contributed by atoms with van der Waals surface area (Å²) in [7, 11) is 0. The summed E-state index contributed by atoms with van der Waals surface area (Å²) in [5.41, 5.74) is 1.61. The van der Waals surface area contributed by atoms with Gasteiger partial charge in [-0.2, -0.15) is 0 Å². The van der Waals surface area contributed by atoms with E-state index in [1.807, 2.05) is 36.6 Å². The molecule has 2 aromatic heterocycles. The zero-order valence-corrected chi connectivity index (χ0v) is 16.5. The Balaban J connectivity index is 1.46. The quantitative estimate of drug-likeness (QED) is 0.585. The number of benzene rings is 1. The summed E-state index contributed by atoms with van der Waals surface area (Å²) >= 11 is 9.18. The number of aromatic nitrogens is 3. The van der Waals surface area contributed by atoms with Gasteiger partial charge in [0.1, 0.15) is 0 Å². The predicted molar refractivity (Wildman–Crippen MR) is 107 cm³/mol. The molecule has 0 atom stereocenters. The van der Waals surface area contributed by atoms with Crippen LogP contribution in [0.5, 0.6) is 0 Å². The van der Waals surface area contributed by atoms with E-state index in [0.717, 1.165) is 40.0 Å². The molecule has 3 aromatic rings. The number of hydrogen-bond donors (Lipinski definition) is 1. The second-order valence-electron chi connectivity index (χ2n) is 6.13. The minimum absolute atomic E-state index is 0.0802. The Morgan fingerprint density at radius 1 is 1.35 bits per heavy atom. The number of hydrogen-bond acceptors (Lipinski definition) is 5. The molecule has 1 fully saturated rings. The molecule has 5 nitrogen and oxygen atoms in total. The summed E-state index contributed by atoms with van der Waals surface area (Å²) in [5.74, 6) is 1.10. The lowest BCUT2D eigenvalue weighted by Crippen LogP contribution is -2.15. The Bertz CT molecular complexity index is 935. The molecule has 4 rings (SSSR count). The first kappa shape index (κ1) is 17.6. The molecular weight excluding hydrogens is 388 g/mol. The van der Waals surface area contributed by atoms with Gasteiger partial charge in [0.15, 0.2) is 11.0 Å². The van der Waals surface area contributed by atoms with Crippen LogP contribution in [0.2, 0.25) is 5.02 Å². The summed E-state index contributed by atoms with van der Waals surface area (Å²) in [6, 6.07) is 10.0. The molecule has 1 saturated carbocycles. The average Bonchev–Trinajstić information content (AvgIpc) is 3.16. The van der Waals surface area contributed by atoms with Crippen molar-refractivity contribution < 1.29 is 4.79 Å². The fraction of sp³-hybridized carbons (Fsp3) is 0.278. The number of thiophene rings is 1. The van der Waals surface area contributed by atoms with E-state index in [1.54, 1.807) is 11.3 Å². The highest BCUT2D eigenvalue weighted by molar-refractivity contribution is 7.99. The Morgan fingerprint density at radius 2 is 2.19 bits per heavy atom. The maximum Gasteiger partial charge on any atom is 0.234 e. The standard InChI is InChI=1S/C18H17ClN4OS2/c1-11-13(19)4-2-5-14(11)20-16(24)10-26-18-22-21-17(15-6-3-9-25-15)23(18)12-7-8-12/h2-6,9,12H,7-8,10H2,1H3,(H,20,24). The van der Waals surface area contributed by atoms with E-state index in [-0.39, 0.29) is 11.7 Å². The molecule has 0 aliphatic heterocycles. The van der Waals surface area contributed by atoms with Crippen LogP contribution >= 0.6 is 34.7 Å². The van der Waals surface area contributed by atoms with Crippen molar-refractivity contribution in [3.8, 4) is 10.7 Å². The first-order valence-electron chi connectivity index (χ1n) is 8.30. The van der Waals surface area contributed by atoms with Crippen molar-refractivity contribution in [1.82, 2.24) is 14.8 Å². The van der Waals surface area contributed by atoms with E-state index >= 15 is 0 Å². The normalized spacial score (nSPS) is 13.8. The molecular formula is C18H17ClN4OS2. The second-order valence-corrected chi connectivity index (χ2v) is 8.43. The van der Waals surface area contributed by atoms with Crippen LogP contribution < -0.4 is 5.32 Å². The average molecular weight is 405 g/mol. The van der Waals surface area contributed by atoms with Crippen molar-refractivity contribution in [2.24, 2.45) is 0 Å². The molecule has 1 N–H and O–H groups in total. The Kier molecular flexibility index (Phi) is 5.02. The molecule has 0 spiro atoms. The lowest BCUT2D eigenvalue weighted by Gasteiger charge is -2.10. The van der Waals surface area contributed by atoms with Crippen LogP contribution in [0.4, 0.5) is 5.69 Å². The van der Waals surface area contributed by atoms with E-state index in [0.29, 0.717) is 11.1 Å². The summed E-state index contributed by atoms with van der Waals surface area (Å²) in [4.78, 5) is 13.5. The number of halogens is 1. The first-order valence-corrected chi connectivity index (χ1v) is 10.5. The number of carbonyl (C=O) groups excluding carboxylic acids is 1. The smallest absolute Gasteiger partial charge is 0.234 e. The summed E-state index contributed by atoms with van der Waals surface area (Å²) in [6.07, 6.45) is 2.27. The summed E-state index contributed by atoms with van der Waals surface area (Å²) in [5, 5.41) is 15.1. The van der Waals surface area contributed by atoms with Gasteiger partial charge in [0.2, 0.25) is 5.91 Å². The van der Waals surface area contributed by atoms with Crippen LogP contribution in [-0.2, 0) is 4.79 Å². The van der Waals surface area contributed by atoms with E-state index in [1.165, 1.54) is 11.8 Å². The lowest BCUT2D eigenvalue weighted by molar-refractivity contribution is -0.113. The number of carbonyl (C=O) groups is 1. The van der Waals surface area contributed by atoms with Crippen molar-refractivity contribution in [3.05, 3.63) is 46.3 Å². The Labute approximate surface area is 164 Å². The van der Waals surface area contributed by atoms with Gasteiger partial charge in [0.05, 0.1) is 10.6 Å². The van der Waals surface area contributed by atoms with Gasteiger partial charge in [-0.15, -0.1) is 21.5 Å². The van der Waals surface area contributed by atoms with Crippen molar-refractivity contribution in [1.29, 1.82) is 0 Å². The van der Waals surface area contributed by atoms with Gasteiger partial charge in [-0.05, 0) is 48.9 Å². The molecule has 0 radical (unpaired) electrons. The SMILES string of the molecule is Cc1c(Cl)cccc1NC(=O)CSc1nnc(-c2cccs2)n1C1CC1. The van der Waals surface area contributed by atoms with Gasteiger partial charge in [-0.1, -0.05) is 35.5 Å². The van der Waals surface area contributed by atoms with Crippen LogP contribution in [-0.4, -0.2) is 26.4 Å². The van der Waals surface area contributed by atoms with E-state index < -0.39 is 0 Å². The number of anilines is 1. The van der Waals surface area contributed by atoms with Crippen LogP contribution in [0, 0.1) is 6.92 Å². The van der Waals surface area contributed by atoms with Crippen LogP contribution in [0.3, 0.4) is 0 Å². The monoisotopic (exact) mass is 404 g/mol. The van der Waals surface area contributed by atoms with Crippen LogP contribution in [0.25, 0.3) is 10.7 Å². The molecule has 1 aliphatic carbocycles. The second kappa shape index (κ2) is 7.42. The maximum absolute atomic E-state index is 12.4. The molecule has 26 heavy (non-hydrogen) atoms. The van der Waals surface area contributed by atoms with Gasteiger partial charge in [0, 0.05) is 16.8 Å². The third kappa shape index (κ3) is 3.65. The van der Waals surface area contributed by atoms with Gasteiger partial charge < -0.3 is 5.32 Å². The van der Waals surface area contributed by atoms with Crippen molar-refractivity contribution >= 4 is 46.3 Å². The lowest BCUT2D eigenvalue weighted by atomic mass is 10.2. The minimum Gasteiger partial charge on any atom is -0.325 e. The Morgan fingerprint density at radius 3 is 2.92 bits per heavy atom. The number of amides is 1. The van der Waals surface area contributed by atoms with Gasteiger partial charge >= 0.3 is 0 Å². The molecule has 1 amide bonds. The zero-order valence-electron chi connectivity index (χ0n) is 14.1. The number of nitrogens with zero attached hydrogens (tertiary/aromatic N) is 3. The zero-order chi connectivity index (χ0) is 18.1. The van der Waals surface area contributed by atoms with E-state index in [9.17, 15) is 4.79 Å². The fourth-order valence-corrected chi connectivity index (χ4v) is 4.36. The molecule has 1 aromatic carbocycles. The predicted octanol–water partition coefficient (Wildman–Crippen LogP) is 5.03. The highest BCUT2D eigenvalue weighted by Gasteiger charge is 2.30. The fourth-order valence-electron chi connectivity index (χ4n) is 2.67. The topological polar surface area (TPSA) is 59.8 Å². The molecule has 134 valence electrons. The molecule has 0 unspecified atom stereocenters. The maximum atomic E-state index is 12.4. The number of rotatable bonds is 6. The van der Waals surface area contributed by atoms with E-state index in [4.69, 9.17) is 11.6 Å². The third-order valence-corrected chi connectivity index (χ3v) is 6.41. The number of nitrogens with one attached hydrogen (secondary N) is 1. The van der Waals surface area contributed by atoms with Crippen molar-refractivity contribution in [3.63, 3.8) is 0 Å². The Hall–Kier alpha value is -1.83. The third-order valence-electron chi connectivity index (χ3n) is 4.19. The van der Waals surface area contributed by atoms with Gasteiger partial charge in [0.25, 0.3) is 0 Å². The summed E-state index contributed by atoms with van der Waals surface area (Å²) in [6.45, 7) is 1.89. The molecule has 2 heterocycles. The van der Waals surface area contributed by atoms with Gasteiger partial charge in [-0.25, -0.2) is 0 Å². The van der Waals surface area contributed by atoms with Crippen LogP contribution in [0.1, 0.15) is 24.4 Å². The molecule has 8 heteroatoms. The highest BCUT2D eigenvalue weighted by Crippen LogP contribution is 2.41. The molecule has 0 bridgehead atoms. The first-order chi connectivity index (χ1) is 12.6. The highest BCUT2D eigenvalue weighted by atomic mass is 35.5. The molecule has 1 aliphatic rings. The van der Waals surface area contributed by atoms with Gasteiger partial charge in [-0.3, -0.25) is 9.36 Å². The minimum atomic E-state index is -0.0802. The number of thioether (sulfide) groups is 1. The molecule has 0 saturated heterocycles. The largest absolute Gasteiger partial charge is 0.325 e. The van der Waals surface area contributed by atoms with E-state index in [2.05, 4.69) is 26.1 Å². The summed E-state index contributed by atoms with van der Waals surface area (Å²) < 4.78 is 2.18. The van der Waals surface area contributed by atoms with Crippen molar-refractivity contribution in [2.45, 2.75) is 31.0 Å².